The Morgan fingerprint density at radius 1 is 1.03 bits per heavy atom. The Balaban J connectivity index is 1.75. The molecule has 0 fully saturated rings. The first-order valence-electron chi connectivity index (χ1n) is 10.9. The first kappa shape index (κ1) is 23.3. The van der Waals surface area contributed by atoms with E-state index < -0.39 is 6.23 Å². The third-order valence-corrected chi connectivity index (χ3v) is 5.35. The fourth-order valence-electron chi connectivity index (χ4n) is 3.80. The van der Waals surface area contributed by atoms with E-state index in [9.17, 15) is 0 Å². The third-order valence-electron chi connectivity index (χ3n) is 5.35. The molecule has 2 heterocycles. The quantitative estimate of drug-likeness (QED) is 0.380. The number of aliphatic imine (C=N–C) groups is 1. The number of hydrazone groups is 1. The van der Waals surface area contributed by atoms with Gasteiger partial charge in [0.05, 0.1) is 25.5 Å². The average Bonchev–Trinajstić information content (AvgIpc) is 3.30. The number of amidine groups is 1. The number of pyridine rings is 1. The second-order valence-corrected chi connectivity index (χ2v) is 8.09. The van der Waals surface area contributed by atoms with Gasteiger partial charge in [-0.3, -0.25) is 4.98 Å². The van der Waals surface area contributed by atoms with Crippen LogP contribution in [0.3, 0.4) is 0 Å². The van der Waals surface area contributed by atoms with E-state index in [-0.39, 0.29) is 0 Å². The number of rotatable bonds is 7. The summed E-state index contributed by atoms with van der Waals surface area (Å²) in [5.41, 5.74) is 3.57. The van der Waals surface area contributed by atoms with Gasteiger partial charge in [0.25, 0.3) is 0 Å². The van der Waals surface area contributed by atoms with Crippen LogP contribution in [0.1, 0.15) is 29.8 Å². The number of benzene rings is 2. The Kier molecular flexibility index (Phi) is 7.08. The summed E-state index contributed by atoms with van der Waals surface area (Å²) in [5, 5.41) is 6.58. The molecule has 1 aromatic heterocycles. The van der Waals surface area contributed by atoms with Crippen LogP contribution in [0.15, 0.2) is 77.1 Å². The highest BCUT2D eigenvalue weighted by Crippen LogP contribution is 2.38. The summed E-state index contributed by atoms with van der Waals surface area (Å²) in [6.07, 6.45) is 2.90. The highest BCUT2D eigenvalue weighted by atomic mass is 16.5. The summed E-state index contributed by atoms with van der Waals surface area (Å²) < 4.78 is 17.5. The van der Waals surface area contributed by atoms with Gasteiger partial charge in [-0.2, -0.15) is 0 Å². The molecule has 1 atom stereocenters. The van der Waals surface area contributed by atoms with Crippen molar-refractivity contribution in [3.05, 3.63) is 83.7 Å². The molecule has 0 bridgehead atoms. The molecule has 2 aromatic carbocycles. The van der Waals surface area contributed by atoms with Crippen LogP contribution >= 0.6 is 0 Å². The van der Waals surface area contributed by atoms with Gasteiger partial charge in [-0.15, -0.1) is 5.10 Å². The number of ether oxygens (including phenoxy) is 3. The zero-order valence-corrected chi connectivity index (χ0v) is 20.1. The Morgan fingerprint density at radius 3 is 2.41 bits per heavy atom. The van der Waals surface area contributed by atoms with Gasteiger partial charge in [-0.25, -0.2) is 10.0 Å². The first-order chi connectivity index (χ1) is 16.5. The Hall–Kier alpha value is -3.91. The molecule has 0 N–H and O–H groups in total. The maximum atomic E-state index is 6.40. The SMILES string of the molecule is COc1ccc(N=C(C)N2N=C(c3ccncc3)OC2c2cccc(CN(C)C)c2OC)cc1. The molecule has 0 saturated carbocycles. The van der Waals surface area contributed by atoms with Crippen molar-refractivity contribution in [2.45, 2.75) is 19.7 Å². The fourth-order valence-corrected chi connectivity index (χ4v) is 3.80. The second-order valence-electron chi connectivity index (χ2n) is 8.09. The van der Waals surface area contributed by atoms with Gasteiger partial charge in [0.2, 0.25) is 12.1 Å². The van der Waals surface area contributed by atoms with Crippen molar-refractivity contribution in [1.29, 1.82) is 0 Å². The number of nitrogens with zero attached hydrogens (tertiary/aromatic N) is 5. The predicted molar refractivity (Wildman–Crippen MR) is 133 cm³/mol. The van der Waals surface area contributed by atoms with Crippen LogP contribution in [0.4, 0.5) is 5.69 Å². The highest BCUT2D eigenvalue weighted by Gasteiger charge is 2.35. The van der Waals surface area contributed by atoms with E-state index >= 15 is 0 Å². The van der Waals surface area contributed by atoms with Crippen molar-refractivity contribution < 1.29 is 14.2 Å². The van der Waals surface area contributed by atoms with E-state index in [1.54, 1.807) is 31.6 Å². The number of methoxy groups -OCH3 is 2. The molecule has 8 nitrogen and oxygen atoms in total. The average molecular weight is 460 g/mol. The van der Waals surface area contributed by atoms with Gasteiger partial charge in [0.1, 0.15) is 17.3 Å². The van der Waals surface area contributed by atoms with Crippen LogP contribution < -0.4 is 9.47 Å². The lowest BCUT2D eigenvalue weighted by atomic mass is 10.1. The van der Waals surface area contributed by atoms with Gasteiger partial charge in [0, 0.05) is 30.1 Å². The molecule has 0 saturated heterocycles. The maximum Gasteiger partial charge on any atom is 0.241 e. The second kappa shape index (κ2) is 10.4. The largest absolute Gasteiger partial charge is 0.497 e. The molecule has 0 aliphatic carbocycles. The summed E-state index contributed by atoms with van der Waals surface area (Å²) in [4.78, 5) is 11.0. The van der Waals surface area contributed by atoms with Crippen molar-refractivity contribution in [3.8, 4) is 11.5 Å². The van der Waals surface area contributed by atoms with Crippen LogP contribution in [0, 0.1) is 0 Å². The van der Waals surface area contributed by atoms with Crippen LogP contribution in [0.2, 0.25) is 0 Å². The Morgan fingerprint density at radius 2 is 1.76 bits per heavy atom. The van der Waals surface area contributed by atoms with Gasteiger partial charge >= 0.3 is 0 Å². The summed E-state index contributed by atoms with van der Waals surface area (Å²) in [6.45, 7) is 2.65. The molecule has 1 aliphatic heterocycles. The van der Waals surface area contributed by atoms with E-state index in [2.05, 4.69) is 16.0 Å². The van der Waals surface area contributed by atoms with E-state index in [0.29, 0.717) is 11.7 Å². The van der Waals surface area contributed by atoms with E-state index in [1.165, 1.54) is 0 Å². The van der Waals surface area contributed by atoms with Gasteiger partial charge < -0.3 is 19.1 Å². The molecule has 0 amide bonds. The minimum Gasteiger partial charge on any atom is -0.497 e. The third kappa shape index (κ3) is 5.02. The molecular weight excluding hydrogens is 430 g/mol. The predicted octanol–water partition coefficient (Wildman–Crippen LogP) is 4.60. The molecule has 0 spiro atoms. The fraction of sp³-hybridized carbons (Fsp3) is 0.269. The van der Waals surface area contributed by atoms with Crippen molar-refractivity contribution in [1.82, 2.24) is 14.9 Å². The maximum absolute atomic E-state index is 6.40. The zero-order chi connectivity index (χ0) is 24.1. The first-order valence-corrected chi connectivity index (χ1v) is 10.9. The topological polar surface area (TPSA) is 71.8 Å². The normalized spacial score (nSPS) is 15.8. The van der Waals surface area contributed by atoms with Gasteiger partial charge in [0.15, 0.2) is 0 Å². The monoisotopic (exact) mass is 459 g/mol. The van der Waals surface area contributed by atoms with E-state index in [4.69, 9.17) is 24.3 Å². The summed E-state index contributed by atoms with van der Waals surface area (Å²) in [7, 11) is 7.38. The lowest BCUT2D eigenvalue weighted by molar-refractivity contribution is 0.107. The standard InChI is InChI=1S/C26H29N5O3/c1-18(28-21-9-11-22(32-4)12-10-21)31-26(34-25(29-31)19-13-15-27-16-14-19)23-8-6-7-20(17-30(2)3)24(23)33-5/h6-16,26H,17H2,1-5H3. The minimum atomic E-state index is -0.540. The molecule has 8 heteroatoms. The molecule has 4 rings (SSSR count). The van der Waals surface area contributed by atoms with Crippen molar-refractivity contribution in [3.63, 3.8) is 0 Å². The number of hydrogen-bond acceptors (Lipinski definition) is 7. The van der Waals surface area contributed by atoms with Gasteiger partial charge in [-0.1, -0.05) is 12.1 Å². The summed E-state index contributed by atoms with van der Waals surface area (Å²) in [6, 6.07) is 17.4. The minimum absolute atomic E-state index is 0.497. The highest BCUT2D eigenvalue weighted by molar-refractivity contribution is 5.97. The van der Waals surface area contributed by atoms with Crippen molar-refractivity contribution in [2.24, 2.45) is 10.1 Å². The summed E-state index contributed by atoms with van der Waals surface area (Å²) >= 11 is 0. The molecule has 176 valence electrons. The van der Waals surface area contributed by atoms with Crippen LogP contribution in [-0.4, -0.2) is 54.9 Å². The smallest absolute Gasteiger partial charge is 0.241 e. The summed E-state index contributed by atoms with van der Waals surface area (Å²) in [5.74, 6) is 2.73. The lowest BCUT2D eigenvalue weighted by Crippen LogP contribution is -2.26. The number of hydrogen-bond donors (Lipinski definition) is 0. The van der Waals surface area contributed by atoms with Crippen LogP contribution in [-0.2, 0) is 11.3 Å². The molecule has 34 heavy (non-hydrogen) atoms. The molecular formula is C26H29N5O3. The molecule has 0 radical (unpaired) electrons. The van der Waals surface area contributed by atoms with Crippen molar-refractivity contribution >= 4 is 17.4 Å². The van der Waals surface area contributed by atoms with Gasteiger partial charge in [-0.05, 0) is 63.5 Å². The van der Waals surface area contributed by atoms with Crippen LogP contribution in [0.5, 0.6) is 11.5 Å². The Bertz CT molecular complexity index is 1180. The van der Waals surface area contributed by atoms with Crippen molar-refractivity contribution in [2.75, 3.05) is 28.3 Å². The zero-order valence-electron chi connectivity index (χ0n) is 20.1. The van der Waals surface area contributed by atoms with E-state index in [0.717, 1.165) is 40.4 Å². The van der Waals surface area contributed by atoms with E-state index in [1.807, 2.05) is 69.6 Å². The Labute approximate surface area is 200 Å². The lowest BCUT2D eigenvalue weighted by Gasteiger charge is -2.25. The molecule has 1 aliphatic rings. The van der Waals surface area contributed by atoms with Crippen LogP contribution in [0.25, 0.3) is 0 Å². The number of para-hydroxylation sites is 1. The molecule has 1 unspecified atom stereocenters. The molecule has 3 aromatic rings. The number of aromatic nitrogens is 1.